The monoisotopic (exact) mass is 394 g/mol. The van der Waals surface area contributed by atoms with Crippen molar-refractivity contribution in [3.63, 3.8) is 0 Å². The summed E-state index contributed by atoms with van der Waals surface area (Å²) >= 11 is 0. The molecule has 1 heterocycles. The molecule has 150 valence electrons. The van der Waals surface area contributed by atoms with Gasteiger partial charge in [-0.2, -0.15) is 5.10 Å². The number of hydrogen-bond donors (Lipinski definition) is 0. The van der Waals surface area contributed by atoms with Gasteiger partial charge in [-0.05, 0) is 42.2 Å². The minimum atomic E-state index is -0.419. The molecule has 7 heteroatoms. The molecule has 0 fully saturated rings. The Morgan fingerprint density at radius 1 is 1.21 bits per heavy atom. The molecule has 0 saturated carbocycles. The Morgan fingerprint density at radius 2 is 2.00 bits per heavy atom. The van der Waals surface area contributed by atoms with Gasteiger partial charge in [0.15, 0.2) is 5.71 Å². The van der Waals surface area contributed by atoms with Gasteiger partial charge in [-0.15, -0.1) is 0 Å². The highest BCUT2D eigenvalue weighted by Crippen LogP contribution is 2.24. The molecule has 29 heavy (non-hydrogen) atoms. The lowest BCUT2D eigenvalue weighted by Crippen LogP contribution is -2.39. The molecule has 1 aromatic heterocycles. The van der Waals surface area contributed by atoms with Crippen LogP contribution in [0.4, 0.5) is 4.39 Å². The van der Waals surface area contributed by atoms with Gasteiger partial charge in [0.2, 0.25) is 0 Å². The van der Waals surface area contributed by atoms with Gasteiger partial charge in [0.05, 0.1) is 12.2 Å². The summed E-state index contributed by atoms with van der Waals surface area (Å²) in [5, 5.41) is 5.94. The zero-order valence-corrected chi connectivity index (χ0v) is 16.5. The molecule has 2 aromatic rings. The summed E-state index contributed by atoms with van der Waals surface area (Å²) in [6.07, 6.45) is 5.58. The average molecular weight is 394 g/mol. The van der Waals surface area contributed by atoms with Gasteiger partial charge in [-0.25, -0.2) is 4.39 Å². The van der Waals surface area contributed by atoms with Crippen LogP contribution < -0.4 is 0 Å². The fourth-order valence-corrected chi connectivity index (χ4v) is 3.22. The number of benzene rings is 1. The number of hydrazone groups is 1. The van der Waals surface area contributed by atoms with Crippen LogP contribution in [0.5, 0.6) is 0 Å². The number of aldehydes is 1. The number of aryl methyl sites for hydroxylation is 1. The molecular formula is C22H23FN4O2. The second kappa shape index (κ2) is 9.23. The van der Waals surface area contributed by atoms with Gasteiger partial charge < -0.3 is 14.7 Å². The van der Waals surface area contributed by atoms with Crippen molar-refractivity contribution in [2.75, 3.05) is 20.6 Å². The summed E-state index contributed by atoms with van der Waals surface area (Å²) in [5.41, 5.74) is 3.26. The van der Waals surface area contributed by atoms with Crippen LogP contribution in [0, 0.1) is 5.82 Å². The summed E-state index contributed by atoms with van der Waals surface area (Å²) in [6.45, 7) is -0.166. The quantitative estimate of drug-likeness (QED) is 0.411. The molecule has 1 aliphatic carbocycles. The third-order valence-corrected chi connectivity index (χ3v) is 4.61. The first-order chi connectivity index (χ1) is 14.0. The van der Waals surface area contributed by atoms with E-state index in [-0.39, 0.29) is 18.8 Å². The zero-order chi connectivity index (χ0) is 20.8. The minimum absolute atomic E-state index is 0.0151. The molecule has 0 unspecified atom stereocenters. The van der Waals surface area contributed by atoms with E-state index in [2.05, 4.69) is 10.1 Å². The maximum atomic E-state index is 14.1. The van der Waals surface area contributed by atoms with Gasteiger partial charge >= 0.3 is 0 Å². The number of carbonyl (C=O) groups excluding carboxylic acids is 2. The number of aromatic nitrogens is 1. The van der Waals surface area contributed by atoms with E-state index in [4.69, 9.17) is 0 Å². The maximum absolute atomic E-state index is 14.1. The molecule has 0 atom stereocenters. The van der Waals surface area contributed by atoms with Gasteiger partial charge in [0.25, 0.3) is 5.91 Å². The second-order valence-corrected chi connectivity index (χ2v) is 6.96. The van der Waals surface area contributed by atoms with E-state index < -0.39 is 11.7 Å². The van der Waals surface area contributed by atoms with E-state index >= 15 is 0 Å². The fourth-order valence-electron chi connectivity index (χ4n) is 3.22. The van der Waals surface area contributed by atoms with Gasteiger partial charge in [-0.3, -0.25) is 9.78 Å². The Bertz CT molecular complexity index is 969. The molecule has 0 saturated heterocycles. The highest BCUT2D eigenvalue weighted by atomic mass is 19.1. The van der Waals surface area contributed by atoms with Crippen molar-refractivity contribution in [2.24, 2.45) is 5.10 Å². The van der Waals surface area contributed by atoms with E-state index in [1.165, 1.54) is 11.0 Å². The van der Waals surface area contributed by atoms with E-state index in [0.717, 1.165) is 23.3 Å². The van der Waals surface area contributed by atoms with Crippen LogP contribution in [-0.4, -0.2) is 53.4 Å². The standard InChI is InChI=1S/C22H23FN4O2/c1-26(2)25-21(17-10-9-16-7-5-11-24-20(16)14-17)22(29)27(12-13-28)15-18-6-3-4-8-19(18)23/h3-8,11,13-14H,9-10,12,15H2,1-2H3/b25-21+. The number of carbonyl (C=O) groups is 2. The third-order valence-electron chi connectivity index (χ3n) is 4.61. The molecule has 1 aromatic carbocycles. The smallest absolute Gasteiger partial charge is 0.275 e. The Morgan fingerprint density at radius 3 is 2.72 bits per heavy atom. The molecule has 1 aliphatic rings. The molecule has 0 N–H and O–H groups in total. The highest BCUT2D eigenvalue weighted by Gasteiger charge is 2.26. The van der Waals surface area contributed by atoms with Crippen molar-refractivity contribution < 1.29 is 14.0 Å². The summed E-state index contributed by atoms with van der Waals surface area (Å²) in [6, 6.07) is 10.1. The number of nitrogens with zero attached hydrogens (tertiary/aromatic N) is 4. The number of hydrogen-bond acceptors (Lipinski definition) is 5. The van der Waals surface area contributed by atoms with E-state index in [1.54, 1.807) is 43.5 Å². The van der Waals surface area contributed by atoms with Crippen LogP contribution in [0.15, 0.2) is 53.3 Å². The van der Waals surface area contributed by atoms with E-state index in [0.29, 0.717) is 18.3 Å². The number of rotatable bonds is 7. The lowest BCUT2D eigenvalue weighted by molar-refractivity contribution is -0.127. The van der Waals surface area contributed by atoms with Crippen LogP contribution in [0.3, 0.4) is 0 Å². The number of pyridine rings is 1. The van der Waals surface area contributed by atoms with Crippen LogP contribution in [-0.2, 0) is 22.6 Å². The normalized spacial score (nSPS) is 13.3. The first-order valence-electron chi connectivity index (χ1n) is 9.36. The molecule has 3 rings (SSSR count). The molecule has 0 spiro atoms. The van der Waals surface area contributed by atoms with Crippen LogP contribution >= 0.6 is 0 Å². The van der Waals surface area contributed by atoms with E-state index in [9.17, 15) is 14.0 Å². The van der Waals surface area contributed by atoms with Crippen molar-refractivity contribution in [2.45, 2.75) is 19.4 Å². The number of halogens is 1. The first-order valence-corrected chi connectivity index (χ1v) is 9.36. The Hall–Kier alpha value is -3.35. The van der Waals surface area contributed by atoms with Crippen molar-refractivity contribution in [1.29, 1.82) is 0 Å². The predicted molar refractivity (Wildman–Crippen MR) is 110 cm³/mol. The average Bonchev–Trinajstić information content (AvgIpc) is 2.72. The molecule has 0 aliphatic heterocycles. The van der Waals surface area contributed by atoms with Crippen molar-refractivity contribution in [3.05, 3.63) is 70.8 Å². The summed E-state index contributed by atoms with van der Waals surface area (Å²) in [4.78, 5) is 30.2. The lowest BCUT2D eigenvalue weighted by atomic mass is 9.92. The highest BCUT2D eigenvalue weighted by molar-refractivity contribution is 6.46. The molecule has 1 amide bonds. The first kappa shape index (κ1) is 20.4. The minimum Gasteiger partial charge on any atom is -0.326 e. The van der Waals surface area contributed by atoms with Crippen LogP contribution in [0.2, 0.25) is 0 Å². The Kier molecular flexibility index (Phi) is 6.49. The van der Waals surface area contributed by atoms with Gasteiger partial charge in [-0.1, -0.05) is 24.3 Å². The topological polar surface area (TPSA) is 65.9 Å². The third kappa shape index (κ3) is 4.93. The fraction of sp³-hybridized carbons (Fsp3) is 0.273. The summed E-state index contributed by atoms with van der Waals surface area (Å²) in [5.74, 6) is -0.836. The maximum Gasteiger partial charge on any atom is 0.275 e. The van der Waals surface area contributed by atoms with Crippen molar-refractivity contribution >= 4 is 24.0 Å². The van der Waals surface area contributed by atoms with Crippen molar-refractivity contribution in [3.8, 4) is 0 Å². The van der Waals surface area contributed by atoms with E-state index in [1.807, 2.05) is 18.2 Å². The van der Waals surface area contributed by atoms with Gasteiger partial charge in [0, 0.05) is 32.4 Å². The molecule has 6 nitrogen and oxygen atoms in total. The van der Waals surface area contributed by atoms with Crippen LogP contribution in [0.25, 0.3) is 6.08 Å². The number of amides is 1. The van der Waals surface area contributed by atoms with Gasteiger partial charge in [0.1, 0.15) is 12.1 Å². The lowest BCUT2D eigenvalue weighted by Gasteiger charge is -2.24. The zero-order valence-electron chi connectivity index (χ0n) is 16.5. The number of fused-ring (bicyclic) bond motifs is 1. The molecule has 0 radical (unpaired) electrons. The second-order valence-electron chi connectivity index (χ2n) is 6.96. The largest absolute Gasteiger partial charge is 0.326 e. The summed E-state index contributed by atoms with van der Waals surface area (Å²) < 4.78 is 14.1. The van der Waals surface area contributed by atoms with Crippen molar-refractivity contribution in [1.82, 2.24) is 14.9 Å². The SMILES string of the molecule is CN(C)/N=C(/C(=O)N(CC=O)Cc1ccccc1F)C1=Cc2ncccc2CC1. The summed E-state index contributed by atoms with van der Waals surface area (Å²) in [7, 11) is 3.45. The Balaban J connectivity index is 1.95. The van der Waals surface area contributed by atoms with Crippen LogP contribution in [0.1, 0.15) is 23.2 Å². The Labute approximate surface area is 169 Å². The predicted octanol–water partition coefficient (Wildman–Crippen LogP) is 2.70. The molecule has 0 bridgehead atoms. The molecular weight excluding hydrogens is 371 g/mol.